The van der Waals surface area contributed by atoms with Crippen molar-refractivity contribution in [1.82, 2.24) is 4.98 Å². The summed E-state index contributed by atoms with van der Waals surface area (Å²) < 4.78 is 16.7. The highest BCUT2D eigenvalue weighted by atomic mass is 79.9. The number of methoxy groups -OCH3 is 1. The van der Waals surface area contributed by atoms with Crippen molar-refractivity contribution in [3.8, 4) is 11.5 Å². The summed E-state index contributed by atoms with van der Waals surface area (Å²) in [5, 5.41) is 9.34. The van der Waals surface area contributed by atoms with Crippen LogP contribution in [0.2, 0.25) is 0 Å². The molecule has 3 rings (SSSR count). The molecule has 9 nitrogen and oxygen atoms in total. The molecule has 35 heavy (non-hydrogen) atoms. The Morgan fingerprint density at radius 1 is 1.26 bits per heavy atom. The number of amides is 1. The number of nitrogens with one attached hydrogen (secondary N) is 2. The van der Waals surface area contributed by atoms with Gasteiger partial charge in [-0.2, -0.15) is 5.10 Å². The number of thiazole rings is 1. The van der Waals surface area contributed by atoms with Crippen molar-refractivity contribution in [2.45, 2.75) is 20.3 Å². The summed E-state index contributed by atoms with van der Waals surface area (Å²) in [5.41, 5.74) is 5.88. The highest BCUT2D eigenvalue weighted by molar-refractivity contribution is 9.10. The fourth-order valence-electron chi connectivity index (χ4n) is 2.95. The minimum atomic E-state index is -0.320. The van der Waals surface area contributed by atoms with Crippen molar-refractivity contribution in [1.29, 1.82) is 0 Å². The molecule has 1 amide bonds. The van der Waals surface area contributed by atoms with Gasteiger partial charge in [0.05, 0.1) is 36.5 Å². The number of hydrogen-bond acceptors (Lipinski definition) is 9. The maximum absolute atomic E-state index is 12.3. The lowest BCUT2D eigenvalue weighted by atomic mass is 10.2. The zero-order valence-corrected chi connectivity index (χ0v) is 21.9. The Hall–Kier alpha value is -3.44. The van der Waals surface area contributed by atoms with E-state index < -0.39 is 0 Å². The van der Waals surface area contributed by atoms with Crippen LogP contribution in [-0.2, 0) is 20.7 Å². The first kappa shape index (κ1) is 26.2. The van der Waals surface area contributed by atoms with Crippen molar-refractivity contribution >= 4 is 56.2 Å². The average Bonchev–Trinajstić information content (AvgIpc) is 3.26. The van der Waals surface area contributed by atoms with Crippen LogP contribution in [0.4, 0.5) is 10.8 Å². The zero-order chi connectivity index (χ0) is 25.2. The summed E-state index contributed by atoms with van der Waals surface area (Å²) in [7, 11) is 1.52. The predicted molar refractivity (Wildman–Crippen MR) is 140 cm³/mol. The Labute approximate surface area is 215 Å². The van der Waals surface area contributed by atoms with E-state index in [1.165, 1.54) is 18.4 Å². The molecule has 0 saturated carbocycles. The summed E-state index contributed by atoms with van der Waals surface area (Å²) in [4.78, 5) is 28.2. The normalized spacial score (nSPS) is 10.7. The van der Waals surface area contributed by atoms with Gasteiger partial charge in [0.2, 0.25) is 5.13 Å². The smallest absolute Gasteiger partial charge is 0.311 e. The molecule has 0 unspecified atom stereocenters. The average molecular weight is 561 g/mol. The van der Waals surface area contributed by atoms with E-state index >= 15 is 0 Å². The van der Waals surface area contributed by atoms with Gasteiger partial charge in [-0.3, -0.25) is 15.0 Å². The van der Waals surface area contributed by atoms with Crippen LogP contribution in [0.5, 0.6) is 11.5 Å². The summed E-state index contributed by atoms with van der Waals surface area (Å²) in [6.45, 7) is 3.83. The Bertz CT molecular complexity index is 1210. The van der Waals surface area contributed by atoms with Gasteiger partial charge < -0.3 is 19.5 Å². The fraction of sp³-hybridized carbons (Fsp3) is 0.250. The van der Waals surface area contributed by atoms with Gasteiger partial charge in [-0.15, -0.1) is 11.3 Å². The molecule has 0 aliphatic heterocycles. The quantitative estimate of drug-likeness (QED) is 0.197. The number of halogens is 1. The molecule has 1 aromatic heterocycles. The monoisotopic (exact) mass is 560 g/mol. The molecule has 0 bridgehead atoms. The first-order valence-electron chi connectivity index (χ1n) is 10.6. The van der Waals surface area contributed by atoms with E-state index in [4.69, 9.17) is 14.2 Å². The Morgan fingerprint density at radius 3 is 2.80 bits per heavy atom. The Morgan fingerprint density at radius 2 is 2.06 bits per heavy atom. The van der Waals surface area contributed by atoms with Gasteiger partial charge in [-0.25, -0.2) is 4.98 Å². The van der Waals surface area contributed by atoms with Gasteiger partial charge >= 0.3 is 5.97 Å². The Balaban J connectivity index is 1.59. The largest absolute Gasteiger partial charge is 0.493 e. The van der Waals surface area contributed by atoms with E-state index in [0.29, 0.717) is 33.4 Å². The van der Waals surface area contributed by atoms with Crippen LogP contribution in [-0.4, -0.2) is 43.4 Å². The van der Waals surface area contributed by atoms with Gasteiger partial charge in [0.15, 0.2) is 18.1 Å². The lowest BCUT2D eigenvalue weighted by molar-refractivity contribution is -0.142. The third-order valence-electron chi connectivity index (χ3n) is 4.57. The van der Waals surface area contributed by atoms with Crippen molar-refractivity contribution in [2.75, 3.05) is 31.1 Å². The maximum atomic E-state index is 12.3. The molecule has 0 aliphatic rings. The van der Waals surface area contributed by atoms with Gasteiger partial charge in [0, 0.05) is 11.1 Å². The van der Waals surface area contributed by atoms with Crippen LogP contribution < -0.4 is 20.2 Å². The number of esters is 1. The molecule has 3 aromatic rings. The molecule has 11 heteroatoms. The van der Waals surface area contributed by atoms with Crippen LogP contribution in [0.15, 0.2) is 51.4 Å². The molecule has 1 heterocycles. The van der Waals surface area contributed by atoms with Crippen LogP contribution >= 0.6 is 27.3 Å². The standard InChI is InChI=1S/C24H25BrN4O5S/c1-4-33-22(31)11-17-14-35-24(27-17)29-26-12-16-9-18(25)23(20(10-16)32-3)34-13-21(30)28-19-8-6-5-7-15(19)2/h5-10,12,14H,4,11,13H2,1-3H3,(H,27,29)(H,28,30). The number of aryl methyl sites for hydroxylation is 1. The van der Waals surface area contributed by atoms with E-state index in [9.17, 15) is 9.59 Å². The van der Waals surface area contributed by atoms with Crippen LogP contribution in [0.25, 0.3) is 0 Å². The number of carbonyl (C=O) groups excluding carboxylic acids is 2. The Kier molecular flexibility index (Phi) is 9.62. The first-order chi connectivity index (χ1) is 16.9. The van der Waals surface area contributed by atoms with Gasteiger partial charge in [-0.1, -0.05) is 18.2 Å². The summed E-state index contributed by atoms with van der Waals surface area (Å²) in [5.74, 6) is 0.241. The van der Waals surface area contributed by atoms with Crippen molar-refractivity contribution in [3.63, 3.8) is 0 Å². The third-order valence-corrected chi connectivity index (χ3v) is 5.96. The molecular weight excluding hydrogens is 536 g/mol. The molecule has 2 N–H and O–H groups in total. The second-order valence-electron chi connectivity index (χ2n) is 7.18. The van der Waals surface area contributed by atoms with Gasteiger partial charge in [0.25, 0.3) is 5.91 Å². The van der Waals surface area contributed by atoms with Gasteiger partial charge in [0.1, 0.15) is 0 Å². The summed E-state index contributed by atoms with van der Waals surface area (Å²) >= 11 is 4.80. The highest BCUT2D eigenvalue weighted by Crippen LogP contribution is 2.36. The number of hydrogen-bond donors (Lipinski definition) is 2. The number of nitrogens with zero attached hydrogens (tertiary/aromatic N) is 2. The number of hydrazone groups is 1. The fourth-order valence-corrected chi connectivity index (χ4v) is 4.19. The van der Waals surface area contributed by atoms with E-state index in [-0.39, 0.29) is 24.9 Å². The highest BCUT2D eigenvalue weighted by Gasteiger charge is 2.14. The number of carbonyl (C=O) groups is 2. The topological polar surface area (TPSA) is 111 Å². The van der Waals surface area contributed by atoms with E-state index in [1.54, 1.807) is 30.7 Å². The molecule has 0 spiro atoms. The number of para-hydroxylation sites is 1. The first-order valence-corrected chi connectivity index (χ1v) is 12.3. The summed E-state index contributed by atoms with van der Waals surface area (Å²) in [6.07, 6.45) is 1.71. The predicted octanol–water partition coefficient (Wildman–Crippen LogP) is 4.79. The molecule has 0 radical (unpaired) electrons. The second kappa shape index (κ2) is 12.9. The lowest BCUT2D eigenvalue weighted by Gasteiger charge is -2.14. The minimum absolute atomic E-state index is 0.115. The molecule has 184 valence electrons. The van der Waals surface area contributed by atoms with Crippen molar-refractivity contribution in [3.05, 3.63) is 63.1 Å². The SMILES string of the molecule is CCOC(=O)Cc1csc(NN=Cc2cc(Br)c(OCC(=O)Nc3ccccc3C)c(OC)c2)n1. The van der Waals surface area contributed by atoms with E-state index in [0.717, 1.165) is 16.8 Å². The number of anilines is 2. The lowest BCUT2D eigenvalue weighted by Crippen LogP contribution is -2.21. The molecule has 0 atom stereocenters. The third kappa shape index (κ3) is 7.79. The molecule has 2 aromatic carbocycles. The van der Waals surface area contributed by atoms with Crippen LogP contribution in [0.3, 0.4) is 0 Å². The number of ether oxygens (including phenoxy) is 3. The van der Waals surface area contributed by atoms with Crippen LogP contribution in [0.1, 0.15) is 23.7 Å². The minimum Gasteiger partial charge on any atom is -0.493 e. The van der Waals surface area contributed by atoms with Crippen LogP contribution in [0, 0.1) is 6.92 Å². The summed E-state index contributed by atoms with van der Waals surface area (Å²) in [6, 6.07) is 11.0. The van der Waals surface area contributed by atoms with Gasteiger partial charge in [-0.05, 0) is 59.1 Å². The molecular formula is C24H25BrN4O5S. The zero-order valence-electron chi connectivity index (χ0n) is 19.5. The molecule has 0 aliphatic carbocycles. The van der Waals surface area contributed by atoms with E-state index in [1.807, 2.05) is 31.2 Å². The molecule has 0 saturated heterocycles. The second-order valence-corrected chi connectivity index (χ2v) is 8.89. The van der Waals surface area contributed by atoms with Crippen molar-refractivity contribution < 1.29 is 23.8 Å². The molecule has 0 fully saturated rings. The van der Waals surface area contributed by atoms with Crippen molar-refractivity contribution in [2.24, 2.45) is 5.10 Å². The maximum Gasteiger partial charge on any atom is 0.311 e. The van der Waals surface area contributed by atoms with E-state index in [2.05, 4.69) is 36.8 Å². The number of benzene rings is 2. The number of rotatable bonds is 11. The number of aromatic nitrogens is 1.